The summed E-state index contributed by atoms with van der Waals surface area (Å²) in [7, 11) is 0. The summed E-state index contributed by atoms with van der Waals surface area (Å²) in [6.07, 6.45) is 13.2. The van der Waals surface area contributed by atoms with Gasteiger partial charge in [-0.25, -0.2) is 4.98 Å². The maximum atomic E-state index is 11.4. The van der Waals surface area contributed by atoms with Gasteiger partial charge in [-0.05, 0) is 50.4 Å². The maximum absolute atomic E-state index is 11.4. The lowest BCUT2D eigenvalue weighted by atomic mass is 9.93. The van der Waals surface area contributed by atoms with Crippen LogP contribution in [0, 0.1) is 0 Å². The molecule has 0 radical (unpaired) electrons. The number of nitrogens with zero attached hydrogens (tertiary/aromatic N) is 4. The molecular formula is C29H41ClN4OS. The number of hydrogen-bond donors (Lipinski definition) is 0. The number of carbonyl (C=O) groups is 1. The minimum Gasteiger partial charge on any atom is -0.368 e. The van der Waals surface area contributed by atoms with E-state index in [1.165, 1.54) is 49.4 Å². The number of benzene rings is 1. The number of allylic oxidation sites excluding steroid dienone is 2. The van der Waals surface area contributed by atoms with Gasteiger partial charge in [0.2, 0.25) is 0 Å². The van der Waals surface area contributed by atoms with Crippen LogP contribution < -0.4 is 0 Å². The van der Waals surface area contributed by atoms with E-state index in [9.17, 15) is 4.79 Å². The fraction of sp³-hybridized carbons (Fsp3) is 0.517. The lowest BCUT2D eigenvalue weighted by molar-refractivity contribution is 0.100. The third-order valence-corrected chi connectivity index (χ3v) is 7.97. The van der Waals surface area contributed by atoms with Gasteiger partial charge in [0.15, 0.2) is 5.78 Å². The summed E-state index contributed by atoms with van der Waals surface area (Å²) in [6.45, 7) is 12.2. The van der Waals surface area contributed by atoms with Crippen LogP contribution in [0.4, 0.5) is 0 Å². The lowest BCUT2D eigenvalue weighted by Gasteiger charge is -2.29. The molecule has 1 aliphatic carbocycles. The van der Waals surface area contributed by atoms with Gasteiger partial charge in [0.05, 0.1) is 12.7 Å². The van der Waals surface area contributed by atoms with Crippen molar-refractivity contribution in [3.05, 3.63) is 76.5 Å². The van der Waals surface area contributed by atoms with Crippen LogP contribution in [0.5, 0.6) is 0 Å². The Morgan fingerprint density at radius 2 is 1.89 bits per heavy atom. The SMILES string of the molecule is C/C=C/CN1CCSCC1.CC(=O)c1cnc2n1CCN(C=C1CCC1)C2.CCc1ccccc1Cl. The summed E-state index contributed by atoms with van der Waals surface area (Å²) >= 11 is 7.89. The summed E-state index contributed by atoms with van der Waals surface area (Å²) in [6, 6.07) is 7.91. The molecule has 0 unspecified atom stereocenters. The molecule has 196 valence electrons. The normalized spacial score (nSPS) is 17.3. The molecule has 0 atom stereocenters. The van der Waals surface area contributed by atoms with Gasteiger partial charge in [-0.2, -0.15) is 11.8 Å². The van der Waals surface area contributed by atoms with E-state index in [0.29, 0.717) is 0 Å². The van der Waals surface area contributed by atoms with Crippen LogP contribution in [-0.2, 0) is 19.5 Å². The van der Waals surface area contributed by atoms with Crippen LogP contribution in [0.3, 0.4) is 0 Å². The monoisotopic (exact) mass is 528 g/mol. The zero-order valence-electron chi connectivity index (χ0n) is 22.1. The highest BCUT2D eigenvalue weighted by molar-refractivity contribution is 7.99. The molecule has 2 fully saturated rings. The number of halogens is 1. The molecule has 0 amide bonds. The standard InChI is InChI=1S/C13H17N3O.C8H9Cl.C8H15NS/c1-10(17)12-7-14-13-9-15(5-6-16(12)13)8-11-3-2-4-11;1-2-7-5-3-4-6-8(7)9;1-2-3-4-9-5-7-10-8-6-9/h7-8H,2-6,9H2,1H3;3-6H,2H2,1H3;2-3H,4-8H2,1H3/b;;3-2+. The fourth-order valence-corrected chi connectivity index (χ4v) is 5.51. The van der Waals surface area contributed by atoms with E-state index >= 15 is 0 Å². The molecular weight excluding hydrogens is 488 g/mol. The van der Waals surface area contributed by atoms with Crippen LogP contribution in [0.1, 0.15) is 61.9 Å². The number of hydrogen-bond acceptors (Lipinski definition) is 5. The summed E-state index contributed by atoms with van der Waals surface area (Å²) in [5.41, 5.74) is 3.52. The van der Waals surface area contributed by atoms with E-state index in [-0.39, 0.29) is 5.78 Å². The first kappa shape index (κ1) is 28.5. The summed E-state index contributed by atoms with van der Waals surface area (Å²) in [5, 5.41) is 0.875. The minimum atomic E-state index is 0.106. The van der Waals surface area contributed by atoms with Crippen molar-refractivity contribution in [1.82, 2.24) is 19.4 Å². The molecule has 3 aliphatic rings. The first-order chi connectivity index (χ1) is 17.5. The van der Waals surface area contributed by atoms with Crippen molar-refractivity contribution in [3.8, 4) is 0 Å². The van der Waals surface area contributed by atoms with Crippen molar-refractivity contribution in [2.75, 3.05) is 37.7 Å². The second-order valence-electron chi connectivity index (χ2n) is 9.31. The van der Waals surface area contributed by atoms with Crippen LogP contribution in [0.2, 0.25) is 5.02 Å². The van der Waals surface area contributed by atoms with Crippen LogP contribution in [0.15, 0.2) is 54.4 Å². The van der Waals surface area contributed by atoms with Crippen molar-refractivity contribution in [2.45, 2.75) is 59.5 Å². The maximum Gasteiger partial charge on any atom is 0.177 e. The second kappa shape index (κ2) is 15.3. The number of thioether (sulfide) groups is 1. The topological polar surface area (TPSA) is 41.4 Å². The zero-order valence-corrected chi connectivity index (χ0v) is 23.7. The molecule has 5 nitrogen and oxygen atoms in total. The third kappa shape index (κ3) is 8.82. The van der Waals surface area contributed by atoms with Gasteiger partial charge in [-0.15, -0.1) is 0 Å². The molecule has 3 heterocycles. The largest absolute Gasteiger partial charge is 0.368 e. The van der Waals surface area contributed by atoms with Gasteiger partial charge < -0.3 is 9.47 Å². The first-order valence-corrected chi connectivity index (χ1v) is 14.7. The molecule has 0 spiro atoms. The Kier molecular flexibility index (Phi) is 12.1. The lowest BCUT2D eigenvalue weighted by Crippen LogP contribution is -2.32. The third-order valence-electron chi connectivity index (χ3n) is 6.66. The Morgan fingerprint density at radius 3 is 2.47 bits per heavy atom. The van der Waals surface area contributed by atoms with Crippen LogP contribution in [-0.4, -0.2) is 62.8 Å². The molecule has 36 heavy (non-hydrogen) atoms. The predicted octanol–water partition coefficient (Wildman–Crippen LogP) is 6.48. The van der Waals surface area contributed by atoms with Crippen molar-refractivity contribution in [1.29, 1.82) is 0 Å². The fourth-order valence-electron chi connectivity index (χ4n) is 4.26. The second-order valence-corrected chi connectivity index (χ2v) is 10.9. The first-order valence-electron chi connectivity index (χ1n) is 13.1. The summed E-state index contributed by atoms with van der Waals surface area (Å²) < 4.78 is 2.05. The Bertz CT molecular complexity index is 1020. The molecule has 1 saturated heterocycles. The smallest absolute Gasteiger partial charge is 0.177 e. The number of fused-ring (bicyclic) bond motifs is 1. The highest BCUT2D eigenvalue weighted by atomic mass is 35.5. The van der Waals surface area contributed by atoms with Crippen molar-refractivity contribution in [2.24, 2.45) is 0 Å². The average Bonchev–Trinajstić information content (AvgIpc) is 3.30. The Morgan fingerprint density at radius 1 is 1.14 bits per heavy atom. The van der Waals surface area contributed by atoms with Gasteiger partial charge in [0.1, 0.15) is 11.5 Å². The van der Waals surface area contributed by atoms with E-state index in [0.717, 1.165) is 49.1 Å². The molecule has 1 aromatic heterocycles. The van der Waals surface area contributed by atoms with Crippen molar-refractivity contribution >= 4 is 29.1 Å². The number of carbonyl (C=O) groups excluding carboxylic acids is 1. The Balaban J connectivity index is 0.000000163. The Labute approximate surface area is 226 Å². The molecule has 1 aromatic carbocycles. The minimum absolute atomic E-state index is 0.106. The molecule has 2 aromatic rings. The molecule has 0 N–H and O–H groups in total. The number of imidazole rings is 1. The number of ketones is 1. The molecule has 0 bridgehead atoms. The quantitative estimate of drug-likeness (QED) is 0.328. The summed E-state index contributed by atoms with van der Waals surface area (Å²) in [4.78, 5) is 20.6. The number of rotatable bonds is 5. The van der Waals surface area contributed by atoms with Crippen LogP contribution in [0.25, 0.3) is 0 Å². The highest BCUT2D eigenvalue weighted by Crippen LogP contribution is 2.26. The molecule has 5 rings (SSSR count). The van der Waals surface area contributed by atoms with E-state index in [1.807, 2.05) is 24.3 Å². The number of aromatic nitrogens is 2. The van der Waals surface area contributed by atoms with E-state index < -0.39 is 0 Å². The van der Waals surface area contributed by atoms with Crippen LogP contribution >= 0.6 is 23.4 Å². The van der Waals surface area contributed by atoms with Crippen molar-refractivity contribution < 1.29 is 4.79 Å². The number of Topliss-reactive ketones (excluding diaryl/α,β-unsaturated/α-hetero) is 1. The van der Waals surface area contributed by atoms with E-state index in [4.69, 9.17) is 11.6 Å². The van der Waals surface area contributed by atoms with Gasteiger partial charge in [-0.3, -0.25) is 9.69 Å². The molecule has 7 heteroatoms. The highest BCUT2D eigenvalue weighted by Gasteiger charge is 2.20. The van der Waals surface area contributed by atoms with Gasteiger partial charge >= 0.3 is 0 Å². The number of aryl methyl sites for hydroxylation is 1. The van der Waals surface area contributed by atoms with Gasteiger partial charge in [-0.1, -0.05) is 54.4 Å². The molecule has 2 aliphatic heterocycles. The van der Waals surface area contributed by atoms with Gasteiger partial charge in [0.25, 0.3) is 0 Å². The zero-order chi connectivity index (χ0) is 25.8. The average molecular weight is 529 g/mol. The molecule has 1 saturated carbocycles. The predicted molar refractivity (Wildman–Crippen MR) is 154 cm³/mol. The summed E-state index contributed by atoms with van der Waals surface area (Å²) in [5.74, 6) is 3.75. The van der Waals surface area contributed by atoms with Gasteiger partial charge in [0, 0.05) is 56.2 Å². The van der Waals surface area contributed by atoms with Crippen molar-refractivity contribution in [3.63, 3.8) is 0 Å². The van der Waals surface area contributed by atoms with E-state index in [1.54, 1.807) is 18.7 Å². The Hall–Kier alpha value is -2.02. The van der Waals surface area contributed by atoms with E-state index in [2.05, 4.69) is 63.3 Å².